The van der Waals surface area contributed by atoms with Crippen LogP contribution in [0.25, 0.3) is 0 Å². The number of nitrogens with two attached hydrogens (primary N) is 3. The highest BCUT2D eigenvalue weighted by atomic mass is 16.4. The summed E-state index contributed by atoms with van der Waals surface area (Å²) in [5.41, 5.74) is 15.6. The summed E-state index contributed by atoms with van der Waals surface area (Å²) >= 11 is 0. The van der Waals surface area contributed by atoms with Crippen molar-refractivity contribution in [2.24, 2.45) is 23.1 Å². The second-order valence-corrected chi connectivity index (χ2v) is 8.37. The predicted molar refractivity (Wildman–Crippen MR) is 120 cm³/mol. The van der Waals surface area contributed by atoms with E-state index in [1.807, 2.05) is 0 Å². The summed E-state index contributed by atoms with van der Waals surface area (Å²) in [6.07, 6.45) is -1.89. The molecule has 0 spiro atoms. The normalized spacial score (nSPS) is 14.2. The Bertz CT molecular complexity index is 817. The fourth-order valence-corrected chi connectivity index (χ4v) is 2.92. The van der Waals surface area contributed by atoms with E-state index in [1.54, 1.807) is 13.8 Å². The van der Waals surface area contributed by atoms with Crippen molar-refractivity contribution in [1.29, 1.82) is 0 Å². The first-order chi connectivity index (χ1) is 16.1. The maximum Gasteiger partial charge on any atom is 0.326 e. The van der Waals surface area contributed by atoms with E-state index in [1.165, 1.54) is 0 Å². The standard InChI is InChI=1S/C20H34N6O9/c1-9(2)7-13(19(33)25-12(20(34)35)3-5-14(22)27)26-18(32)11(4-6-16(29)30)24-17(31)10(21)8-15(23)28/h9-13H,3-8,21H2,1-2H3,(H2,22,27)(H2,23,28)(H,24,31)(H,25,33)(H,26,32)(H,29,30)(H,34,35). The molecule has 0 saturated heterocycles. The van der Waals surface area contributed by atoms with Crippen molar-refractivity contribution >= 4 is 41.5 Å². The second kappa shape index (κ2) is 15.2. The second-order valence-electron chi connectivity index (χ2n) is 8.37. The summed E-state index contributed by atoms with van der Waals surface area (Å²) in [7, 11) is 0. The van der Waals surface area contributed by atoms with Gasteiger partial charge in [0, 0.05) is 12.8 Å². The van der Waals surface area contributed by atoms with Crippen LogP contribution < -0.4 is 33.2 Å². The number of carboxylic acid groups (broad SMARTS) is 2. The average molecular weight is 503 g/mol. The summed E-state index contributed by atoms with van der Waals surface area (Å²) in [6, 6.07) is -5.51. The third kappa shape index (κ3) is 13.5. The fraction of sp³-hybridized carbons (Fsp3) is 0.650. The van der Waals surface area contributed by atoms with Crippen molar-refractivity contribution in [2.45, 2.75) is 76.5 Å². The first-order valence-corrected chi connectivity index (χ1v) is 10.8. The van der Waals surface area contributed by atoms with Crippen molar-refractivity contribution in [3.05, 3.63) is 0 Å². The lowest BCUT2D eigenvalue weighted by Crippen LogP contribution is -2.57. The Morgan fingerprint density at radius 3 is 1.66 bits per heavy atom. The SMILES string of the molecule is CC(C)CC(NC(=O)C(CCC(=O)O)NC(=O)C(N)CC(N)=O)C(=O)NC(CCC(N)=O)C(=O)O. The number of carbonyl (C=O) groups excluding carboxylic acids is 5. The number of carbonyl (C=O) groups is 7. The van der Waals surface area contributed by atoms with E-state index in [-0.39, 0.29) is 31.6 Å². The van der Waals surface area contributed by atoms with Crippen molar-refractivity contribution in [2.75, 3.05) is 0 Å². The van der Waals surface area contributed by atoms with E-state index < -0.39 is 78.5 Å². The molecular weight excluding hydrogens is 468 g/mol. The lowest BCUT2D eigenvalue weighted by molar-refractivity contribution is -0.142. The molecule has 11 N–H and O–H groups in total. The molecule has 0 rings (SSSR count). The van der Waals surface area contributed by atoms with Gasteiger partial charge < -0.3 is 43.4 Å². The Hall–Kier alpha value is -3.75. The lowest BCUT2D eigenvalue weighted by Gasteiger charge is -2.26. The van der Waals surface area contributed by atoms with Gasteiger partial charge in [0.25, 0.3) is 0 Å². The van der Waals surface area contributed by atoms with Gasteiger partial charge in [-0.25, -0.2) is 4.79 Å². The quantitative estimate of drug-likeness (QED) is 0.0991. The van der Waals surface area contributed by atoms with Gasteiger partial charge in [-0.05, 0) is 25.2 Å². The number of aliphatic carboxylic acids is 2. The van der Waals surface area contributed by atoms with Crippen LogP contribution >= 0.6 is 0 Å². The molecule has 0 aliphatic rings. The average Bonchev–Trinajstić information content (AvgIpc) is 2.71. The number of hydrogen-bond acceptors (Lipinski definition) is 8. The van der Waals surface area contributed by atoms with Crippen LogP contribution in [0.3, 0.4) is 0 Å². The van der Waals surface area contributed by atoms with Gasteiger partial charge in [0.05, 0.1) is 12.5 Å². The molecule has 0 aromatic heterocycles. The first kappa shape index (κ1) is 31.2. The predicted octanol–water partition coefficient (Wildman–Crippen LogP) is -3.10. The highest BCUT2D eigenvalue weighted by molar-refractivity contribution is 5.95. The number of primary amides is 2. The van der Waals surface area contributed by atoms with Gasteiger partial charge in [0.2, 0.25) is 29.5 Å². The van der Waals surface area contributed by atoms with Crippen LogP contribution in [0, 0.1) is 5.92 Å². The van der Waals surface area contributed by atoms with E-state index in [0.29, 0.717) is 0 Å². The molecule has 15 nitrogen and oxygen atoms in total. The third-order valence-corrected chi connectivity index (χ3v) is 4.67. The van der Waals surface area contributed by atoms with Crippen LogP contribution in [0.2, 0.25) is 0 Å². The number of carboxylic acids is 2. The summed E-state index contributed by atoms with van der Waals surface area (Å²) in [5.74, 6) is -7.15. The summed E-state index contributed by atoms with van der Waals surface area (Å²) in [4.78, 5) is 82.2. The van der Waals surface area contributed by atoms with Gasteiger partial charge in [0.1, 0.15) is 18.1 Å². The topological polar surface area (TPSA) is 274 Å². The molecule has 0 heterocycles. The van der Waals surface area contributed by atoms with Crippen LogP contribution in [0.4, 0.5) is 0 Å². The zero-order valence-corrected chi connectivity index (χ0v) is 19.6. The number of amides is 5. The molecule has 4 atom stereocenters. The van der Waals surface area contributed by atoms with Gasteiger partial charge in [-0.15, -0.1) is 0 Å². The minimum Gasteiger partial charge on any atom is -0.481 e. The Morgan fingerprint density at radius 2 is 1.20 bits per heavy atom. The Labute approximate surface area is 201 Å². The van der Waals surface area contributed by atoms with Crippen LogP contribution in [0.15, 0.2) is 0 Å². The minimum atomic E-state index is -1.45. The first-order valence-electron chi connectivity index (χ1n) is 10.8. The highest BCUT2D eigenvalue weighted by Gasteiger charge is 2.31. The Balaban J connectivity index is 5.58. The highest BCUT2D eigenvalue weighted by Crippen LogP contribution is 2.09. The van der Waals surface area contributed by atoms with Gasteiger partial charge in [-0.2, -0.15) is 0 Å². The van der Waals surface area contributed by atoms with Crippen molar-refractivity contribution in [3.8, 4) is 0 Å². The van der Waals surface area contributed by atoms with Crippen LogP contribution in [-0.4, -0.2) is 75.9 Å². The molecule has 5 amide bonds. The summed E-state index contributed by atoms with van der Waals surface area (Å²) in [6.45, 7) is 3.47. The zero-order chi connectivity index (χ0) is 27.3. The minimum absolute atomic E-state index is 0.0700. The summed E-state index contributed by atoms with van der Waals surface area (Å²) < 4.78 is 0. The van der Waals surface area contributed by atoms with Crippen LogP contribution in [0.1, 0.15) is 52.4 Å². The van der Waals surface area contributed by atoms with Gasteiger partial charge in [-0.3, -0.25) is 28.8 Å². The molecule has 15 heteroatoms. The molecule has 0 aromatic carbocycles. The number of hydrogen-bond donors (Lipinski definition) is 8. The van der Waals surface area contributed by atoms with Crippen LogP contribution in [0.5, 0.6) is 0 Å². The molecule has 0 bridgehead atoms. The summed E-state index contributed by atoms with van der Waals surface area (Å²) in [5, 5.41) is 25.1. The van der Waals surface area contributed by atoms with Crippen LogP contribution in [-0.2, 0) is 33.6 Å². The number of rotatable bonds is 17. The van der Waals surface area contributed by atoms with Gasteiger partial charge in [-0.1, -0.05) is 13.8 Å². The number of nitrogens with one attached hydrogen (secondary N) is 3. The van der Waals surface area contributed by atoms with E-state index in [2.05, 4.69) is 16.0 Å². The molecule has 198 valence electrons. The van der Waals surface area contributed by atoms with Crippen molar-refractivity contribution in [1.82, 2.24) is 16.0 Å². The smallest absolute Gasteiger partial charge is 0.326 e. The Kier molecular flexibility index (Phi) is 13.6. The molecule has 4 unspecified atom stereocenters. The van der Waals surface area contributed by atoms with Crippen molar-refractivity contribution in [3.63, 3.8) is 0 Å². The van der Waals surface area contributed by atoms with Gasteiger partial charge >= 0.3 is 11.9 Å². The molecule has 0 radical (unpaired) electrons. The van der Waals surface area contributed by atoms with Crippen molar-refractivity contribution < 1.29 is 43.8 Å². The molecule has 35 heavy (non-hydrogen) atoms. The lowest BCUT2D eigenvalue weighted by atomic mass is 10.0. The Morgan fingerprint density at radius 1 is 0.714 bits per heavy atom. The van der Waals surface area contributed by atoms with E-state index >= 15 is 0 Å². The molecule has 0 fully saturated rings. The molecule has 0 aliphatic carbocycles. The molecule has 0 aromatic rings. The van der Waals surface area contributed by atoms with Gasteiger partial charge in [0.15, 0.2) is 0 Å². The molecule has 0 aliphatic heterocycles. The zero-order valence-electron chi connectivity index (χ0n) is 19.6. The maximum atomic E-state index is 12.9. The molecular formula is C20H34N6O9. The molecule has 0 saturated carbocycles. The third-order valence-electron chi connectivity index (χ3n) is 4.67. The van der Waals surface area contributed by atoms with E-state index in [0.717, 1.165) is 0 Å². The van der Waals surface area contributed by atoms with E-state index in [4.69, 9.17) is 22.3 Å². The van der Waals surface area contributed by atoms with E-state index in [9.17, 15) is 38.7 Å². The largest absolute Gasteiger partial charge is 0.481 e. The maximum absolute atomic E-state index is 12.9. The monoisotopic (exact) mass is 502 g/mol. The fourth-order valence-electron chi connectivity index (χ4n) is 2.92.